The number of benzene rings is 1. The summed E-state index contributed by atoms with van der Waals surface area (Å²) >= 11 is 3.43. The molecule has 1 saturated heterocycles. The van der Waals surface area contributed by atoms with Gasteiger partial charge in [0.25, 0.3) is 5.91 Å². The summed E-state index contributed by atoms with van der Waals surface area (Å²) in [7, 11) is 0. The van der Waals surface area contributed by atoms with Gasteiger partial charge in [-0.2, -0.15) is 0 Å². The van der Waals surface area contributed by atoms with Crippen molar-refractivity contribution in [3.05, 3.63) is 34.0 Å². The van der Waals surface area contributed by atoms with Crippen molar-refractivity contribution in [2.45, 2.75) is 39.7 Å². The van der Waals surface area contributed by atoms with Gasteiger partial charge in [0.15, 0.2) is 5.76 Å². The number of hydrogen-bond acceptors (Lipinski definition) is 4. The SMILES string of the molecule is Cc1c(C(=O)N2CCCN(C(=O)OC(C)(C)C)CC2)oc2cc(Br)ccc12. The minimum absolute atomic E-state index is 0.133. The number of nitrogens with zero attached hydrogens (tertiary/aromatic N) is 2. The first-order chi connectivity index (χ1) is 12.7. The molecule has 0 aliphatic carbocycles. The van der Waals surface area contributed by atoms with Crippen molar-refractivity contribution in [1.29, 1.82) is 0 Å². The lowest BCUT2D eigenvalue weighted by Crippen LogP contribution is -2.40. The summed E-state index contributed by atoms with van der Waals surface area (Å²) in [6.45, 7) is 9.51. The molecule has 6 nitrogen and oxygen atoms in total. The second-order valence-electron chi connectivity index (χ2n) is 7.81. The number of hydrogen-bond donors (Lipinski definition) is 0. The van der Waals surface area contributed by atoms with E-state index in [1.165, 1.54) is 0 Å². The maximum absolute atomic E-state index is 13.0. The van der Waals surface area contributed by atoms with Gasteiger partial charge in [0.05, 0.1) is 0 Å². The molecule has 0 radical (unpaired) electrons. The molecule has 27 heavy (non-hydrogen) atoms. The molecule has 1 fully saturated rings. The monoisotopic (exact) mass is 436 g/mol. The second-order valence-corrected chi connectivity index (χ2v) is 8.73. The highest BCUT2D eigenvalue weighted by molar-refractivity contribution is 9.10. The lowest BCUT2D eigenvalue weighted by molar-refractivity contribution is 0.0255. The topological polar surface area (TPSA) is 63.0 Å². The summed E-state index contributed by atoms with van der Waals surface area (Å²) < 4.78 is 12.2. The molecule has 0 bridgehead atoms. The molecule has 1 aromatic heterocycles. The lowest BCUT2D eigenvalue weighted by Gasteiger charge is -2.26. The molecule has 7 heteroatoms. The van der Waals surface area contributed by atoms with Crippen LogP contribution in [0.1, 0.15) is 43.3 Å². The summed E-state index contributed by atoms with van der Waals surface area (Å²) in [6.07, 6.45) is 0.372. The Hall–Kier alpha value is -2.02. The summed E-state index contributed by atoms with van der Waals surface area (Å²) in [6, 6.07) is 5.75. The van der Waals surface area contributed by atoms with E-state index in [0.717, 1.165) is 15.4 Å². The van der Waals surface area contributed by atoms with E-state index in [1.807, 2.05) is 45.9 Å². The Kier molecular flexibility index (Phi) is 5.51. The van der Waals surface area contributed by atoms with Crippen LogP contribution in [-0.2, 0) is 4.74 Å². The number of rotatable bonds is 1. The number of ether oxygens (including phenoxy) is 1. The highest BCUT2D eigenvalue weighted by Crippen LogP contribution is 2.29. The van der Waals surface area contributed by atoms with E-state index in [0.29, 0.717) is 43.9 Å². The van der Waals surface area contributed by atoms with Gasteiger partial charge in [0.2, 0.25) is 0 Å². The van der Waals surface area contributed by atoms with Crippen molar-refractivity contribution in [2.75, 3.05) is 26.2 Å². The standard InChI is InChI=1S/C20H25BrN2O4/c1-13-15-7-6-14(21)12-16(15)26-17(13)18(24)22-8-5-9-23(11-10-22)19(25)27-20(2,3)4/h6-7,12H,5,8-11H2,1-4H3. The first-order valence-electron chi connectivity index (χ1n) is 9.11. The molecule has 1 aliphatic rings. The number of halogens is 1. The van der Waals surface area contributed by atoms with Crippen LogP contribution < -0.4 is 0 Å². The van der Waals surface area contributed by atoms with E-state index in [1.54, 1.807) is 9.80 Å². The molecule has 1 aliphatic heterocycles. The van der Waals surface area contributed by atoms with Crippen molar-refractivity contribution in [3.8, 4) is 0 Å². The normalized spacial score (nSPS) is 15.7. The molecular weight excluding hydrogens is 412 g/mol. The minimum Gasteiger partial charge on any atom is -0.451 e. The van der Waals surface area contributed by atoms with Crippen LogP contribution in [0.15, 0.2) is 27.1 Å². The molecule has 0 spiro atoms. The van der Waals surface area contributed by atoms with Crippen LogP contribution in [0.5, 0.6) is 0 Å². The number of carbonyl (C=O) groups is 2. The Morgan fingerprint density at radius 2 is 1.78 bits per heavy atom. The fourth-order valence-corrected chi connectivity index (χ4v) is 3.52. The molecule has 0 unspecified atom stereocenters. The molecular formula is C20H25BrN2O4. The summed E-state index contributed by atoms with van der Waals surface area (Å²) in [4.78, 5) is 28.7. The third-order valence-corrected chi connectivity index (χ3v) is 5.02. The average molecular weight is 437 g/mol. The van der Waals surface area contributed by atoms with Gasteiger partial charge < -0.3 is 19.0 Å². The molecule has 146 valence electrons. The van der Waals surface area contributed by atoms with Gasteiger partial charge in [-0.15, -0.1) is 0 Å². The van der Waals surface area contributed by atoms with Crippen LogP contribution >= 0.6 is 15.9 Å². The van der Waals surface area contributed by atoms with Crippen molar-refractivity contribution >= 4 is 38.9 Å². The highest BCUT2D eigenvalue weighted by atomic mass is 79.9. The maximum Gasteiger partial charge on any atom is 0.410 e. The van der Waals surface area contributed by atoms with Crippen LogP contribution in [0.4, 0.5) is 4.79 Å². The smallest absolute Gasteiger partial charge is 0.410 e. The van der Waals surface area contributed by atoms with E-state index < -0.39 is 5.60 Å². The third kappa shape index (κ3) is 4.46. The van der Waals surface area contributed by atoms with Gasteiger partial charge in [-0.05, 0) is 52.3 Å². The zero-order valence-corrected chi connectivity index (χ0v) is 17.8. The molecule has 2 heterocycles. The third-order valence-electron chi connectivity index (χ3n) is 4.53. The molecule has 0 saturated carbocycles. The quantitative estimate of drug-likeness (QED) is 0.655. The number of amides is 2. The largest absolute Gasteiger partial charge is 0.451 e. The fraction of sp³-hybridized carbons (Fsp3) is 0.500. The molecule has 0 atom stereocenters. The molecule has 2 aromatic rings. The van der Waals surface area contributed by atoms with Gasteiger partial charge in [-0.25, -0.2) is 4.79 Å². The highest BCUT2D eigenvalue weighted by Gasteiger charge is 2.28. The maximum atomic E-state index is 13.0. The van der Waals surface area contributed by atoms with E-state index >= 15 is 0 Å². The number of fused-ring (bicyclic) bond motifs is 1. The van der Waals surface area contributed by atoms with E-state index in [2.05, 4.69) is 15.9 Å². The van der Waals surface area contributed by atoms with Crippen molar-refractivity contribution in [2.24, 2.45) is 0 Å². The van der Waals surface area contributed by atoms with Crippen molar-refractivity contribution in [1.82, 2.24) is 9.80 Å². The Bertz CT molecular complexity index is 869. The zero-order valence-electron chi connectivity index (χ0n) is 16.2. The fourth-order valence-electron chi connectivity index (χ4n) is 3.18. The Balaban J connectivity index is 1.73. The Morgan fingerprint density at radius 1 is 1.11 bits per heavy atom. The van der Waals surface area contributed by atoms with Gasteiger partial charge in [0.1, 0.15) is 11.2 Å². The van der Waals surface area contributed by atoms with E-state index in [4.69, 9.17) is 9.15 Å². The molecule has 2 amide bonds. The molecule has 3 rings (SSSR count). The van der Waals surface area contributed by atoms with Gasteiger partial charge in [-0.1, -0.05) is 15.9 Å². The second kappa shape index (κ2) is 7.54. The van der Waals surface area contributed by atoms with Crippen LogP contribution in [-0.4, -0.2) is 53.6 Å². The summed E-state index contributed by atoms with van der Waals surface area (Å²) in [5.74, 6) is 0.236. The minimum atomic E-state index is -0.529. The Morgan fingerprint density at radius 3 is 2.48 bits per heavy atom. The van der Waals surface area contributed by atoms with Crippen LogP contribution in [0.3, 0.4) is 0 Å². The number of aryl methyl sites for hydroxylation is 1. The van der Waals surface area contributed by atoms with Gasteiger partial charge in [0, 0.05) is 41.6 Å². The van der Waals surface area contributed by atoms with Crippen molar-refractivity contribution in [3.63, 3.8) is 0 Å². The molecule has 1 aromatic carbocycles. The van der Waals surface area contributed by atoms with Crippen LogP contribution in [0, 0.1) is 6.92 Å². The molecule has 0 N–H and O–H groups in total. The first-order valence-corrected chi connectivity index (χ1v) is 9.91. The zero-order chi connectivity index (χ0) is 19.8. The first kappa shape index (κ1) is 19.7. The van der Waals surface area contributed by atoms with E-state index in [-0.39, 0.29) is 12.0 Å². The van der Waals surface area contributed by atoms with Gasteiger partial charge in [-0.3, -0.25) is 4.79 Å². The van der Waals surface area contributed by atoms with Gasteiger partial charge >= 0.3 is 6.09 Å². The summed E-state index contributed by atoms with van der Waals surface area (Å²) in [5.41, 5.74) is 1.00. The number of furan rings is 1. The number of carbonyl (C=O) groups excluding carboxylic acids is 2. The predicted octanol–water partition coefficient (Wildman–Crippen LogP) is 4.59. The Labute approximate surface area is 167 Å². The average Bonchev–Trinajstić information content (AvgIpc) is 2.75. The van der Waals surface area contributed by atoms with Crippen LogP contribution in [0.25, 0.3) is 11.0 Å². The van der Waals surface area contributed by atoms with E-state index in [9.17, 15) is 9.59 Å². The lowest BCUT2D eigenvalue weighted by atomic mass is 10.1. The van der Waals surface area contributed by atoms with Crippen molar-refractivity contribution < 1.29 is 18.7 Å². The van der Waals surface area contributed by atoms with Crippen LogP contribution in [0.2, 0.25) is 0 Å². The predicted molar refractivity (Wildman–Crippen MR) is 107 cm³/mol. The summed E-state index contributed by atoms with van der Waals surface area (Å²) in [5, 5.41) is 0.937.